The minimum atomic E-state index is -4.57. The molecule has 0 bridgehead atoms. The fourth-order valence-electron chi connectivity index (χ4n) is 4.92. The first-order valence-electron chi connectivity index (χ1n) is 11.9. The van der Waals surface area contributed by atoms with Crippen LogP contribution in [0.3, 0.4) is 0 Å². The summed E-state index contributed by atoms with van der Waals surface area (Å²) in [5, 5.41) is 9.26. The Hall–Kier alpha value is -4.13. The Labute approximate surface area is 214 Å². The lowest BCUT2D eigenvalue weighted by Crippen LogP contribution is -2.51. The molecule has 6 heterocycles. The quantitative estimate of drug-likeness (QED) is 0.291. The molecular formula is C25H22F4N8O. The van der Waals surface area contributed by atoms with Gasteiger partial charge in [0.2, 0.25) is 0 Å². The third kappa shape index (κ3) is 4.02. The Morgan fingerprint density at radius 1 is 1.03 bits per heavy atom. The van der Waals surface area contributed by atoms with Crippen LogP contribution in [0.15, 0.2) is 55.4 Å². The molecule has 0 N–H and O–H groups in total. The van der Waals surface area contributed by atoms with Crippen LogP contribution < -0.4 is 0 Å². The van der Waals surface area contributed by atoms with E-state index in [0.29, 0.717) is 22.3 Å². The topological polar surface area (TPSA) is 85.0 Å². The van der Waals surface area contributed by atoms with Crippen LogP contribution in [-0.2, 0) is 11.0 Å². The third-order valence-corrected chi connectivity index (χ3v) is 6.97. The zero-order chi connectivity index (χ0) is 26.8. The Kier molecular flexibility index (Phi) is 5.56. The second-order valence-electron chi connectivity index (χ2n) is 9.63. The van der Waals surface area contributed by atoms with E-state index in [-0.39, 0.29) is 25.2 Å². The average molecular weight is 526 g/mol. The molecule has 2 aliphatic rings. The summed E-state index contributed by atoms with van der Waals surface area (Å²) >= 11 is 0. The van der Waals surface area contributed by atoms with E-state index in [0.717, 1.165) is 36.5 Å². The van der Waals surface area contributed by atoms with E-state index in [2.05, 4.69) is 26.5 Å². The van der Waals surface area contributed by atoms with Crippen molar-refractivity contribution in [3.63, 3.8) is 0 Å². The van der Waals surface area contributed by atoms with Gasteiger partial charge in [0.25, 0.3) is 5.91 Å². The van der Waals surface area contributed by atoms with Crippen molar-refractivity contribution in [2.75, 3.05) is 33.2 Å². The predicted molar refractivity (Wildman–Crippen MR) is 129 cm³/mol. The fraction of sp³-hybridized carbons (Fsp3) is 0.320. The van der Waals surface area contributed by atoms with Crippen LogP contribution in [-0.4, -0.2) is 78.5 Å². The first-order valence-corrected chi connectivity index (χ1v) is 11.9. The summed E-state index contributed by atoms with van der Waals surface area (Å²) in [4.78, 5) is 23.6. The van der Waals surface area contributed by atoms with Crippen molar-refractivity contribution in [3.8, 4) is 22.4 Å². The van der Waals surface area contributed by atoms with E-state index in [4.69, 9.17) is 5.10 Å². The number of fused-ring (bicyclic) bond motifs is 1. The molecule has 0 atom stereocenters. The molecule has 0 aliphatic carbocycles. The van der Waals surface area contributed by atoms with Gasteiger partial charge >= 0.3 is 6.18 Å². The summed E-state index contributed by atoms with van der Waals surface area (Å²) in [6.45, 7) is 5.25. The molecule has 2 fully saturated rings. The summed E-state index contributed by atoms with van der Waals surface area (Å²) in [6.07, 6.45) is 1.88. The van der Waals surface area contributed by atoms with Gasteiger partial charge in [-0.2, -0.15) is 23.4 Å². The molecule has 38 heavy (non-hydrogen) atoms. The highest BCUT2D eigenvalue weighted by atomic mass is 19.4. The number of amides is 1. The van der Waals surface area contributed by atoms with Crippen LogP contribution >= 0.6 is 0 Å². The van der Waals surface area contributed by atoms with Gasteiger partial charge < -0.3 is 9.80 Å². The molecule has 0 spiro atoms. The molecule has 0 aromatic carbocycles. The summed E-state index contributed by atoms with van der Waals surface area (Å²) in [7, 11) is 2.04. The highest BCUT2D eigenvalue weighted by Crippen LogP contribution is 2.38. The van der Waals surface area contributed by atoms with Crippen LogP contribution in [0.25, 0.3) is 33.4 Å². The van der Waals surface area contributed by atoms with E-state index in [1.165, 1.54) is 11.0 Å². The van der Waals surface area contributed by atoms with Crippen molar-refractivity contribution >= 4 is 16.9 Å². The third-order valence-electron chi connectivity index (χ3n) is 6.97. The van der Waals surface area contributed by atoms with Gasteiger partial charge in [0.1, 0.15) is 16.9 Å². The first kappa shape index (κ1) is 24.2. The molecule has 2 saturated heterocycles. The maximum atomic E-state index is 13.4. The number of carbonyl (C=O) groups is 1. The molecule has 0 saturated carbocycles. The second kappa shape index (κ2) is 8.72. The number of halogens is 4. The van der Waals surface area contributed by atoms with Crippen LogP contribution in [0.5, 0.6) is 0 Å². The average Bonchev–Trinajstić information content (AvgIpc) is 3.46. The second-order valence-corrected chi connectivity index (χ2v) is 9.63. The number of alkyl halides is 3. The lowest BCUT2D eigenvalue weighted by atomic mass is 10.0. The molecule has 0 unspecified atom stereocenters. The number of aromatic nitrogens is 6. The fourth-order valence-corrected chi connectivity index (χ4v) is 4.92. The van der Waals surface area contributed by atoms with Gasteiger partial charge in [-0.1, -0.05) is 6.58 Å². The van der Waals surface area contributed by atoms with Gasteiger partial charge in [0.15, 0.2) is 5.83 Å². The maximum Gasteiger partial charge on any atom is 0.433 e. The number of likely N-dealkylation sites (tertiary alicyclic amines) is 2. The van der Waals surface area contributed by atoms with Crippen molar-refractivity contribution in [1.29, 1.82) is 0 Å². The van der Waals surface area contributed by atoms with Gasteiger partial charge in [0, 0.05) is 61.5 Å². The standard InChI is InChI=1S/C25H22F4N8O/c1-14(26)24(38)35-12-18(13-35)37-23-19(16-8-32-36(9-16)17-10-34(2)11-17)5-6-30-22(23)21(33-37)15-3-4-20(31-7-15)25(27,28)29/h3-9,17-18H,1,10-13H2,2H3. The number of hydrogen-bond donors (Lipinski definition) is 0. The summed E-state index contributed by atoms with van der Waals surface area (Å²) in [5.74, 6) is -1.82. The Balaban J connectivity index is 1.44. The van der Waals surface area contributed by atoms with Crippen LogP contribution in [0.1, 0.15) is 17.8 Å². The molecule has 2 aliphatic heterocycles. The van der Waals surface area contributed by atoms with E-state index < -0.39 is 23.6 Å². The molecule has 13 heteroatoms. The normalized spacial score (nSPS) is 17.0. The van der Waals surface area contributed by atoms with Gasteiger partial charge in [-0.25, -0.2) is 4.39 Å². The predicted octanol–water partition coefficient (Wildman–Crippen LogP) is 3.73. The largest absolute Gasteiger partial charge is 0.433 e. The Bertz CT molecular complexity index is 1550. The smallest absolute Gasteiger partial charge is 0.332 e. The van der Waals surface area contributed by atoms with Crippen molar-refractivity contribution in [3.05, 3.63) is 61.1 Å². The SMILES string of the molecule is C=C(F)C(=O)N1CC(n2nc(-c3ccc(C(F)(F)F)nc3)c3nccc(-c4cnn(C5CN(C)C5)c4)c32)C1. The molecule has 1 amide bonds. The van der Waals surface area contributed by atoms with Crippen molar-refractivity contribution in [2.24, 2.45) is 0 Å². The number of hydrogen-bond acceptors (Lipinski definition) is 6. The van der Waals surface area contributed by atoms with Crippen LogP contribution in [0, 0.1) is 0 Å². The Morgan fingerprint density at radius 3 is 2.42 bits per heavy atom. The van der Waals surface area contributed by atoms with E-state index in [9.17, 15) is 22.4 Å². The maximum absolute atomic E-state index is 13.4. The molecule has 9 nitrogen and oxygen atoms in total. The molecular weight excluding hydrogens is 504 g/mol. The zero-order valence-electron chi connectivity index (χ0n) is 20.2. The van der Waals surface area contributed by atoms with E-state index in [1.54, 1.807) is 17.1 Å². The lowest BCUT2D eigenvalue weighted by Gasteiger charge is -2.39. The van der Waals surface area contributed by atoms with Crippen molar-refractivity contribution in [1.82, 2.24) is 39.3 Å². The summed E-state index contributed by atoms with van der Waals surface area (Å²) in [6, 6.07) is 4.01. The van der Waals surface area contributed by atoms with Gasteiger partial charge in [-0.3, -0.25) is 24.1 Å². The summed E-state index contributed by atoms with van der Waals surface area (Å²) < 4.78 is 56.2. The molecule has 196 valence electrons. The minimum absolute atomic E-state index is 0.200. The summed E-state index contributed by atoms with van der Waals surface area (Å²) in [5.41, 5.74) is 2.44. The Morgan fingerprint density at radius 2 is 1.79 bits per heavy atom. The molecule has 4 aromatic heterocycles. The first-order chi connectivity index (χ1) is 18.1. The number of pyridine rings is 2. The lowest BCUT2D eigenvalue weighted by molar-refractivity contribution is -0.141. The number of nitrogens with zero attached hydrogens (tertiary/aromatic N) is 8. The van der Waals surface area contributed by atoms with Crippen LogP contribution in [0.4, 0.5) is 17.6 Å². The number of rotatable bonds is 5. The van der Waals surface area contributed by atoms with Crippen LogP contribution in [0.2, 0.25) is 0 Å². The molecule has 4 aromatic rings. The minimum Gasteiger partial charge on any atom is -0.332 e. The highest BCUT2D eigenvalue weighted by molar-refractivity contribution is 5.99. The highest BCUT2D eigenvalue weighted by Gasteiger charge is 2.37. The van der Waals surface area contributed by atoms with E-state index >= 15 is 0 Å². The monoisotopic (exact) mass is 526 g/mol. The number of likely N-dealkylation sites (N-methyl/N-ethyl adjacent to an activating group) is 1. The van der Waals surface area contributed by atoms with Crippen molar-refractivity contribution < 1.29 is 22.4 Å². The van der Waals surface area contributed by atoms with Gasteiger partial charge in [0.05, 0.1) is 23.8 Å². The number of carbonyl (C=O) groups excluding carboxylic acids is 1. The van der Waals surface area contributed by atoms with Gasteiger partial charge in [-0.15, -0.1) is 0 Å². The zero-order valence-corrected chi connectivity index (χ0v) is 20.2. The van der Waals surface area contributed by atoms with Crippen molar-refractivity contribution in [2.45, 2.75) is 18.3 Å². The molecule has 6 rings (SSSR count). The molecule has 0 radical (unpaired) electrons. The van der Waals surface area contributed by atoms with Gasteiger partial charge in [-0.05, 0) is 25.2 Å². The van der Waals surface area contributed by atoms with E-state index in [1.807, 2.05) is 24.0 Å².